The van der Waals surface area contributed by atoms with Crippen molar-refractivity contribution in [3.8, 4) is 6.07 Å². The molecule has 2 rings (SSSR count). The van der Waals surface area contributed by atoms with Gasteiger partial charge in [0.2, 0.25) is 5.28 Å². The first-order valence-corrected chi connectivity index (χ1v) is 4.91. The first kappa shape index (κ1) is 10.4. The van der Waals surface area contributed by atoms with E-state index in [0.717, 1.165) is 5.57 Å². The molecule has 16 heavy (non-hydrogen) atoms. The first-order chi connectivity index (χ1) is 7.81. The number of hydrogen-bond acceptors (Lipinski definition) is 4. The molecule has 1 N–H and O–H groups in total. The molecule has 1 aromatic rings. The number of hydrogen-bond donors (Lipinski definition) is 1. The second-order valence-corrected chi connectivity index (χ2v) is 3.32. The molecule has 0 saturated carbocycles. The van der Waals surface area contributed by atoms with Gasteiger partial charge in [-0.2, -0.15) is 5.26 Å². The number of nitrogens with zero attached hydrogens (tertiary/aromatic N) is 3. The summed E-state index contributed by atoms with van der Waals surface area (Å²) in [5, 5.41) is 12.1. The molecule has 78 valence electrons. The van der Waals surface area contributed by atoms with E-state index in [9.17, 15) is 0 Å². The maximum Gasteiger partial charge on any atom is 0.222 e. The van der Waals surface area contributed by atoms with E-state index >= 15 is 0 Å². The van der Waals surface area contributed by atoms with E-state index in [0.29, 0.717) is 11.3 Å². The Labute approximate surface area is 97.6 Å². The quantitative estimate of drug-likeness (QED) is 0.592. The van der Waals surface area contributed by atoms with E-state index in [1.165, 1.54) is 6.20 Å². The number of halogens is 1. The SMILES string of the molecule is N#CC(=C1C=CNC=C1)c1ccnc(Cl)n1. The summed E-state index contributed by atoms with van der Waals surface area (Å²) < 4.78 is 0. The molecular weight excluding hydrogens is 224 g/mol. The Morgan fingerprint density at radius 1 is 1.38 bits per heavy atom. The van der Waals surface area contributed by atoms with Gasteiger partial charge in [0, 0.05) is 18.6 Å². The topological polar surface area (TPSA) is 61.6 Å². The normalized spacial score (nSPS) is 13.1. The van der Waals surface area contributed by atoms with Crippen LogP contribution in [0.25, 0.3) is 5.57 Å². The van der Waals surface area contributed by atoms with Gasteiger partial charge < -0.3 is 5.32 Å². The van der Waals surface area contributed by atoms with Crippen LogP contribution < -0.4 is 5.32 Å². The van der Waals surface area contributed by atoms with E-state index in [2.05, 4.69) is 21.4 Å². The van der Waals surface area contributed by atoms with E-state index in [1.54, 1.807) is 30.6 Å². The van der Waals surface area contributed by atoms with Gasteiger partial charge in [0.25, 0.3) is 0 Å². The molecule has 1 aliphatic rings. The molecular formula is C11H7ClN4. The molecule has 1 aliphatic heterocycles. The lowest BCUT2D eigenvalue weighted by Crippen LogP contribution is -1.99. The highest BCUT2D eigenvalue weighted by atomic mass is 35.5. The Hall–Kier alpha value is -2.12. The average Bonchev–Trinajstić information content (AvgIpc) is 2.31. The van der Waals surface area contributed by atoms with Crippen molar-refractivity contribution in [2.75, 3.05) is 0 Å². The van der Waals surface area contributed by atoms with Crippen LogP contribution in [0.4, 0.5) is 0 Å². The highest BCUT2D eigenvalue weighted by Crippen LogP contribution is 2.19. The lowest BCUT2D eigenvalue weighted by Gasteiger charge is -2.05. The number of nitrogens with one attached hydrogen (secondary N) is 1. The summed E-state index contributed by atoms with van der Waals surface area (Å²) in [6.07, 6.45) is 8.62. The third-order valence-electron chi connectivity index (χ3n) is 2.00. The van der Waals surface area contributed by atoms with Gasteiger partial charge in [0.15, 0.2) is 0 Å². The van der Waals surface area contributed by atoms with E-state index in [4.69, 9.17) is 16.9 Å². The lowest BCUT2D eigenvalue weighted by atomic mass is 10.0. The minimum Gasteiger partial charge on any atom is -0.368 e. The summed E-state index contributed by atoms with van der Waals surface area (Å²) in [6, 6.07) is 3.77. The third-order valence-corrected chi connectivity index (χ3v) is 2.18. The summed E-state index contributed by atoms with van der Waals surface area (Å²) in [6.45, 7) is 0. The maximum absolute atomic E-state index is 9.12. The van der Waals surface area contributed by atoms with Crippen molar-refractivity contribution in [3.63, 3.8) is 0 Å². The molecule has 4 nitrogen and oxygen atoms in total. The smallest absolute Gasteiger partial charge is 0.222 e. The molecule has 0 unspecified atom stereocenters. The molecule has 0 atom stereocenters. The van der Waals surface area contributed by atoms with Crippen molar-refractivity contribution in [3.05, 3.63) is 53.4 Å². The minimum atomic E-state index is 0.132. The second kappa shape index (κ2) is 4.60. The van der Waals surface area contributed by atoms with Gasteiger partial charge in [-0.25, -0.2) is 9.97 Å². The van der Waals surface area contributed by atoms with Crippen LogP contribution >= 0.6 is 11.6 Å². The molecule has 0 aliphatic carbocycles. The van der Waals surface area contributed by atoms with Gasteiger partial charge in [0.05, 0.1) is 11.3 Å². The van der Waals surface area contributed by atoms with Gasteiger partial charge in [-0.05, 0) is 35.4 Å². The Kier molecular flexibility index (Phi) is 2.99. The van der Waals surface area contributed by atoms with E-state index in [1.807, 2.05) is 0 Å². The van der Waals surface area contributed by atoms with Gasteiger partial charge in [-0.1, -0.05) is 0 Å². The molecule has 0 aromatic carbocycles. The van der Waals surface area contributed by atoms with Crippen molar-refractivity contribution in [2.24, 2.45) is 0 Å². The van der Waals surface area contributed by atoms with Crippen LogP contribution in [0.2, 0.25) is 5.28 Å². The van der Waals surface area contributed by atoms with Gasteiger partial charge in [-0.15, -0.1) is 0 Å². The monoisotopic (exact) mass is 230 g/mol. The van der Waals surface area contributed by atoms with Crippen molar-refractivity contribution in [1.82, 2.24) is 15.3 Å². The molecule has 5 heteroatoms. The van der Waals surface area contributed by atoms with Gasteiger partial charge in [0.1, 0.15) is 6.07 Å². The van der Waals surface area contributed by atoms with E-state index < -0.39 is 0 Å². The summed E-state index contributed by atoms with van der Waals surface area (Å²) >= 11 is 5.68. The van der Waals surface area contributed by atoms with Crippen molar-refractivity contribution in [2.45, 2.75) is 0 Å². The predicted octanol–water partition coefficient (Wildman–Crippen LogP) is 2.04. The number of dihydropyridines is 1. The van der Waals surface area contributed by atoms with Gasteiger partial charge >= 0.3 is 0 Å². The van der Waals surface area contributed by atoms with Crippen LogP contribution in [0.3, 0.4) is 0 Å². The molecule has 0 saturated heterocycles. The lowest BCUT2D eigenvalue weighted by molar-refractivity contribution is 1.14. The van der Waals surface area contributed by atoms with Crippen LogP contribution in [0.15, 0.2) is 42.4 Å². The Morgan fingerprint density at radius 3 is 2.75 bits per heavy atom. The van der Waals surface area contributed by atoms with E-state index in [-0.39, 0.29) is 5.28 Å². The largest absolute Gasteiger partial charge is 0.368 e. The Morgan fingerprint density at radius 2 is 2.12 bits per heavy atom. The van der Waals surface area contributed by atoms with Crippen LogP contribution in [0, 0.1) is 11.3 Å². The molecule has 0 amide bonds. The molecule has 0 fully saturated rings. The molecule has 1 aromatic heterocycles. The summed E-state index contributed by atoms with van der Waals surface area (Å²) in [5.41, 5.74) is 1.78. The summed E-state index contributed by atoms with van der Waals surface area (Å²) in [5.74, 6) is 0. The van der Waals surface area contributed by atoms with Crippen molar-refractivity contribution in [1.29, 1.82) is 5.26 Å². The fraction of sp³-hybridized carbons (Fsp3) is 0. The molecule has 0 spiro atoms. The third kappa shape index (κ3) is 2.10. The van der Waals surface area contributed by atoms with Crippen molar-refractivity contribution < 1.29 is 0 Å². The number of rotatable bonds is 1. The Balaban J connectivity index is 2.52. The van der Waals surface area contributed by atoms with Crippen molar-refractivity contribution >= 4 is 17.2 Å². The van der Waals surface area contributed by atoms with Crippen LogP contribution in [-0.4, -0.2) is 9.97 Å². The average molecular weight is 231 g/mol. The zero-order chi connectivity index (χ0) is 11.4. The van der Waals surface area contributed by atoms with Crippen LogP contribution in [0.5, 0.6) is 0 Å². The fourth-order valence-electron chi connectivity index (χ4n) is 1.30. The zero-order valence-corrected chi connectivity index (χ0v) is 8.94. The number of nitriles is 1. The number of allylic oxidation sites excluding steroid dienone is 4. The fourth-order valence-corrected chi connectivity index (χ4v) is 1.44. The van der Waals surface area contributed by atoms with Crippen LogP contribution in [-0.2, 0) is 0 Å². The molecule has 2 heterocycles. The predicted molar refractivity (Wildman–Crippen MR) is 61.0 cm³/mol. The zero-order valence-electron chi connectivity index (χ0n) is 8.18. The minimum absolute atomic E-state index is 0.132. The maximum atomic E-state index is 9.12. The highest BCUT2D eigenvalue weighted by molar-refractivity contribution is 6.28. The Bertz CT molecular complexity index is 523. The highest BCUT2D eigenvalue weighted by Gasteiger charge is 2.08. The summed E-state index contributed by atoms with van der Waals surface area (Å²) in [7, 11) is 0. The van der Waals surface area contributed by atoms with Crippen LogP contribution in [0.1, 0.15) is 5.69 Å². The summed E-state index contributed by atoms with van der Waals surface area (Å²) in [4.78, 5) is 7.78. The molecule has 0 radical (unpaired) electrons. The molecule has 0 bridgehead atoms. The van der Waals surface area contributed by atoms with Gasteiger partial charge in [-0.3, -0.25) is 0 Å². The first-order valence-electron chi connectivity index (χ1n) is 4.53. The second-order valence-electron chi connectivity index (χ2n) is 2.99. The standard InChI is InChI=1S/C11H7ClN4/c12-11-15-6-3-10(16-11)9(7-13)8-1-4-14-5-2-8/h1-6,14H. The number of aromatic nitrogens is 2.